The van der Waals surface area contributed by atoms with Crippen molar-refractivity contribution in [1.29, 1.82) is 0 Å². The van der Waals surface area contributed by atoms with Crippen LogP contribution in [0.15, 0.2) is 23.1 Å². The quantitative estimate of drug-likeness (QED) is 0.854. The van der Waals surface area contributed by atoms with Gasteiger partial charge in [0.05, 0.1) is 15.6 Å². The van der Waals surface area contributed by atoms with E-state index in [1.54, 1.807) is 16.4 Å². The maximum atomic E-state index is 12.8. The van der Waals surface area contributed by atoms with Crippen molar-refractivity contribution < 1.29 is 8.42 Å². The summed E-state index contributed by atoms with van der Waals surface area (Å²) in [6.45, 7) is 0.625. The van der Waals surface area contributed by atoms with Gasteiger partial charge in [-0.1, -0.05) is 24.4 Å². The molecule has 0 radical (unpaired) electrons. The highest BCUT2D eigenvalue weighted by atomic mass is 35.5. The van der Waals surface area contributed by atoms with Crippen LogP contribution in [0.5, 0.6) is 0 Å². The molecular weight excluding hydrogens is 296 g/mol. The van der Waals surface area contributed by atoms with Crippen molar-refractivity contribution in [2.24, 2.45) is 5.92 Å². The van der Waals surface area contributed by atoms with E-state index < -0.39 is 10.0 Å². The standard InChI is InChI=1S/C14H19ClN2O2S/c15-12-9-11(5-6-13(12)16)20(18,19)17-8-7-10-3-1-2-4-14(10)17/h5-6,9-10,14H,1-4,7-8,16H2. The lowest BCUT2D eigenvalue weighted by Gasteiger charge is -2.31. The van der Waals surface area contributed by atoms with Gasteiger partial charge in [-0.15, -0.1) is 0 Å². The van der Waals surface area contributed by atoms with E-state index in [9.17, 15) is 8.42 Å². The minimum absolute atomic E-state index is 0.171. The molecule has 3 rings (SSSR count). The van der Waals surface area contributed by atoms with Crippen LogP contribution in [-0.2, 0) is 10.0 Å². The predicted molar refractivity (Wildman–Crippen MR) is 80.1 cm³/mol. The summed E-state index contributed by atoms with van der Waals surface area (Å²) >= 11 is 5.96. The number of benzene rings is 1. The molecule has 1 saturated heterocycles. The van der Waals surface area contributed by atoms with Crippen molar-refractivity contribution in [2.45, 2.75) is 43.0 Å². The number of nitrogens with zero attached hydrogens (tertiary/aromatic N) is 1. The molecule has 0 bridgehead atoms. The van der Waals surface area contributed by atoms with Gasteiger partial charge in [-0.2, -0.15) is 4.31 Å². The molecule has 20 heavy (non-hydrogen) atoms. The lowest BCUT2D eigenvalue weighted by Crippen LogP contribution is -2.39. The summed E-state index contributed by atoms with van der Waals surface area (Å²) in [6.07, 6.45) is 5.46. The summed E-state index contributed by atoms with van der Waals surface area (Å²) in [5.41, 5.74) is 6.06. The number of rotatable bonds is 2. The molecule has 1 heterocycles. The van der Waals surface area contributed by atoms with E-state index in [0.717, 1.165) is 25.7 Å². The molecule has 2 unspecified atom stereocenters. The minimum Gasteiger partial charge on any atom is -0.398 e. The zero-order valence-corrected chi connectivity index (χ0v) is 12.8. The van der Waals surface area contributed by atoms with Gasteiger partial charge in [0.25, 0.3) is 0 Å². The average Bonchev–Trinajstić information content (AvgIpc) is 2.86. The Hall–Kier alpha value is -0.780. The van der Waals surface area contributed by atoms with Crippen LogP contribution in [0.3, 0.4) is 0 Å². The predicted octanol–water partition coefficient (Wildman–Crippen LogP) is 2.88. The third-order valence-electron chi connectivity index (χ3n) is 4.54. The van der Waals surface area contributed by atoms with Crippen molar-refractivity contribution in [2.75, 3.05) is 12.3 Å². The van der Waals surface area contributed by atoms with Crippen LogP contribution in [0.2, 0.25) is 5.02 Å². The maximum absolute atomic E-state index is 12.8. The zero-order chi connectivity index (χ0) is 14.3. The normalized spacial score (nSPS) is 27.4. The number of hydrogen-bond acceptors (Lipinski definition) is 3. The Morgan fingerprint density at radius 3 is 2.70 bits per heavy atom. The zero-order valence-electron chi connectivity index (χ0n) is 11.3. The summed E-state index contributed by atoms with van der Waals surface area (Å²) in [6, 6.07) is 4.74. The monoisotopic (exact) mass is 314 g/mol. The Morgan fingerprint density at radius 2 is 1.95 bits per heavy atom. The van der Waals surface area contributed by atoms with Gasteiger partial charge in [0.1, 0.15) is 0 Å². The fraction of sp³-hybridized carbons (Fsp3) is 0.571. The molecule has 2 aliphatic rings. The van der Waals surface area contributed by atoms with Crippen molar-refractivity contribution in [3.8, 4) is 0 Å². The van der Waals surface area contributed by atoms with E-state index in [0.29, 0.717) is 23.2 Å². The second kappa shape index (κ2) is 5.20. The topological polar surface area (TPSA) is 63.4 Å². The first-order valence-corrected chi connectivity index (χ1v) is 8.89. The second-order valence-electron chi connectivity index (χ2n) is 5.70. The van der Waals surface area contributed by atoms with Gasteiger partial charge in [0, 0.05) is 12.6 Å². The van der Waals surface area contributed by atoms with E-state index in [-0.39, 0.29) is 10.9 Å². The van der Waals surface area contributed by atoms with E-state index in [1.165, 1.54) is 12.5 Å². The maximum Gasteiger partial charge on any atom is 0.243 e. The van der Waals surface area contributed by atoms with Gasteiger partial charge in [-0.3, -0.25) is 0 Å². The highest BCUT2D eigenvalue weighted by molar-refractivity contribution is 7.89. The molecule has 1 aliphatic carbocycles. The smallest absolute Gasteiger partial charge is 0.243 e. The Labute approximate surface area is 125 Å². The first-order chi connectivity index (χ1) is 9.50. The molecule has 4 nitrogen and oxygen atoms in total. The molecule has 1 aliphatic heterocycles. The fourth-order valence-electron chi connectivity index (χ4n) is 3.46. The summed E-state index contributed by atoms with van der Waals surface area (Å²) in [5, 5.41) is 0.297. The molecule has 1 aromatic rings. The Morgan fingerprint density at radius 1 is 1.20 bits per heavy atom. The molecule has 2 N–H and O–H groups in total. The molecule has 2 fully saturated rings. The van der Waals surface area contributed by atoms with Crippen molar-refractivity contribution in [3.63, 3.8) is 0 Å². The third-order valence-corrected chi connectivity index (χ3v) is 6.79. The molecular formula is C14H19ClN2O2S. The number of nitrogens with two attached hydrogens (primary N) is 1. The molecule has 1 aromatic carbocycles. The van der Waals surface area contributed by atoms with E-state index >= 15 is 0 Å². The van der Waals surface area contributed by atoms with Gasteiger partial charge in [0.15, 0.2) is 0 Å². The summed E-state index contributed by atoms with van der Waals surface area (Å²) in [4.78, 5) is 0.253. The van der Waals surface area contributed by atoms with E-state index in [2.05, 4.69) is 0 Å². The van der Waals surface area contributed by atoms with Gasteiger partial charge < -0.3 is 5.73 Å². The molecule has 110 valence electrons. The van der Waals surface area contributed by atoms with Crippen LogP contribution < -0.4 is 5.73 Å². The summed E-state index contributed by atoms with van der Waals surface area (Å²) in [5.74, 6) is 0.530. The van der Waals surface area contributed by atoms with Crippen LogP contribution in [-0.4, -0.2) is 25.3 Å². The van der Waals surface area contributed by atoms with Crippen LogP contribution >= 0.6 is 11.6 Å². The van der Waals surface area contributed by atoms with Crippen molar-refractivity contribution >= 4 is 27.3 Å². The van der Waals surface area contributed by atoms with Gasteiger partial charge >= 0.3 is 0 Å². The first kappa shape index (κ1) is 14.2. The third kappa shape index (κ3) is 2.32. The molecule has 0 amide bonds. The lowest BCUT2D eigenvalue weighted by atomic mass is 9.86. The van der Waals surface area contributed by atoms with Crippen molar-refractivity contribution in [3.05, 3.63) is 23.2 Å². The molecule has 0 spiro atoms. The Balaban J connectivity index is 1.93. The highest BCUT2D eigenvalue weighted by Crippen LogP contribution is 2.39. The van der Waals surface area contributed by atoms with Gasteiger partial charge in [0.2, 0.25) is 10.0 Å². The second-order valence-corrected chi connectivity index (χ2v) is 8.00. The van der Waals surface area contributed by atoms with Crippen LogP contribution in [0, 0.1) is 5.92 Å². The van der Waals surface area contributed by atoms with Crippen LogP contribution in [0.25, 0.3) is 0 Å². The van der Waals surface area contributed by atoms with E-state index in [4.69, 9.17) is 17.3 Å². The SMILES string of the molecule is Nc1ccc(S(=O)(=O)N2CCC3CCCCC32)cc1Cl. The molecule has 2 atom stereocenters. The Kier molecular flexibility index (Phi) is 3.69. The molecule has 6 heteroatoms. The average molecular weight is 315 g/mol. The molecule has 0 aromatic heterocycles. The fourth-order valence-corrected chi connectivity index (χ4v) is 5.47. The number of hydrogen-bond donors (Lipinski definition) is 1. The number of halogens is 1. The van der Waals surface area contributed by atoms with Gasteiger partial charge in [-0.05, 0) is 43.4 Å². The minimum atomic E-state index is -3.46. The van der Waals surface area contributed by atoms with E-state index in [1.807, 2.05) is 0 Å². The first-order valence-electron chi connectivity index (χ1n) is 7.07. The lowest BCUT2D eigenvalue weighted by molar-refractivity contribution is 0.260. The largest absolute Gasteiger partial charge is 0.398 e. The summed E-state index contributed by atoms with van der Waals surface area (Å²) < 4.78 is 27.2. The Bertz CT molecular complexity index is 618. The van der Waals surface area contributed by atoms with Crippen LogP contribution in [0.4, 0.5) is 5.69 Å². The number of sulfonamides is 1. The number of anilines is 1. The van der Waals surface area contributed by atoms with Crippen LogP contribution in [0.1, 0.15) is 32.1 Å². The number of nitrogen functional groups attached to an aromatic ring is 1. The summed E-state index contributed by atoms with van der Waals surface area (Å²) in [7, 11) is -3.46. The highest BCUT2D eigenvalue weighted by Gasteiger charge is 2.42. The van der Waals surface area contributed by atoms with Gasteiger partial charge in [-0.25, -0.2) is 8.42 Å². The number of fused-ring (bicyclic) bond motifs is 1. The van der Waals surface area contributed by atoms with Crippen molar-refractivity contribution in [1.82, 2.24) is 4.31 Å². The molecule has 1 saturated carbocycles.